The van der Waals surface area contributed by atoms with E-state index in [9.17, 15) is 9.59 Å². The highest BCUT2D eigenvalue weighted by Crippen LogP contribution is 2.29. The molecule has 4 rings (SSSR count). The topological polar surface area (TPSA) is 78.4 Å². The van der Waals surface area contributed by atoms with Crippen LogP contribution in [-0.4, -0.2) is 65.1 Å². The number of carbonyl (C=O) groups excluding carboxylic acids is 2. The summed E-state index contributed by atoms with van der Waals surface area (Å²) in [4.78, 5) is 28.6. The normalized spacial score (nSPS) is 17.5. The van der Waals surface area contributed by atoms with Crippen LogP contribution in [0.2, 0.25) is 0 Å². The van der Waals surface area contributed by atoms with Crippen LogP contribution in [0.15, 0.2) is 42.6 Å². The second kappa shape index (κ2) is 9.47. The van der Waals surface area contributed by atoms with E-state index in [1.165, 1.54) is 5.56 Å². The maximum atomic E-state index is 12.5. The Morgan fingerprint density at radius 3 is 2.50 bits per heavy atom. The van der Waals surface area contributed by atoms with Gasteiger partial charge in [0, 0.05) is 38.1 Å². The van der Waals surface area contributed by atoms with Gasteiger partial charge in [-0.2, -0.15) is 16.9 Å². The van der Waals surface area contributed by atoms with Gasteiger partial charge in [0.1, 0.15) is 0 Å². The quantitative estimate of drug-likeness (QED) is 0.767. The Labute approximate surface area is 181 Å². The largest absolute Gasteiger partial charge is 0.353 e. The van der Waals surface area contributed by atoms with Crippen LogP contribution in [0.3, 0.4) is 0 Å². The van der Waals surface area contributed by atoms with E-state index in [1.807, 2.05) is 35.4 Å². The van der Waals surface area contributed by atoms with Gasteiger partial charge in [-0.25, -0.2) is 0 Å². The Morgan fingerprint density at radius 2 is 1.87 bits per heavy atom. The fourth-order valence-corrected chi connectivity index (χ4v) is 4.48. The molecular formula is C22H27N5O2S. The third-order valence-corrected chi connectivity index (χ3v) is 6.44. The van der Waals surface area contributed by atoms with E-state index in [-0.39, 0.29) is 17.7 Å². The minimum Gasteiger partial charge on any atom is -0.353 e. The van der Waals surface area contributed by atoms with Gasteiger partial charge in [0.2, 0.25) is 11.8 Å². The van der Waals surface area contributed by atoms with Crippen LogP contribution < -0.4 is 10.2 Å². The Kier molecular flexibility index (Phi) is 6.52. The summed E-state index contributed by atoms with van der Waals surface area (Å²) >= 11 is 1.58. The van der Waals surface area contributed by atoms with E-state index in [0.717, 1.165) is 37.4 Å². The van der Waals surface area contributed by atoms with Crippen molar-refractivity contribution < 1.29 is 9.59 Å². The SMILES string of the molecule is CSCC(=O)N1CCC(c2ccc(NC(=O)C3CN(c4cccnn4)C3)cc2)CC1. The summed E-state index contributed by atoms with van der Waals surface area (Å²) in [6.07, 6.45) is 5.59. The average molecular weight is 426 g/mol. The summed E-state index contributed by atoms with van der Waals surface area (Å²) < 4.78 is 0. The monoisotopic (exact) mass is 425 g/mol. The molecule has 2 aliphatic rings. The lowest BCUT2D eigenvalue weighted by Crippen LogP contribution is -2.52. The van der Waals surface area contributed by atoms with Gasteiger partial charge >= 0.3 is 0 Å². The molecule has 8 heteroatoms. The van der Waals surface area contributed by atoms with Gasteiger partial charge in [-0.05, 0) is 54.8 Å². The van der Waals surface area contributed by atoms with Crippen LogP contribution in [-0.2, 0) is 9.59 Å². The molecule has 0 atom stereocenters. The number of thioether (sulfide) groups is 1. The Balaban J connectivity index is 1.24. The van der Waals surface area contributed by atoms with E-state index < -0.39 is 0 Å². The zero-order chi connectivity index (χ0) is 20.9. The molecule has 0 radical (unpaired) electrons. The molecule has 0 unspecified atom stereocenters. The molecule has 0 bridgehead atoms. The van der Waals surface area contributed by atoms with Crippen molar-refractivity contribution in [3.05, 3.63) is 48.2 Å². The molecule has 0 saturated carbocycles. The first-order valence-electron chi connectivity index (χ1n) is 10.3. The van der Waals surface area contributed by atoms with Gasteiger partial charge in [-0.15, -0.1) is 5.10 Å². The van der Waals surface area contributed by atoms with Crippen molar-refractivity contribution in [3.8, 4) is 0 Å². The molecule has 2 fully saturated rings. The van der Waals surface area contributed by atoms with Gasteiger partial charge in [-0.3, -0.25) is 9.59 Å². The first-order valence-corrected chi connectivity index (χ1v) is 11.7. The number of hydrogen-bond donors (Lipinski definition) is 1. The molecule has 2 aliphatic heterocycles. The van der Waals surface area contributed by atoms with Crippen LogP contribution in [0.4, 0.5) is 11.5 Å². The summed E-state index contributed by atoms with van der Waals surface area (Å²) in [5.74, 6) is 2.11. The van der Waals surface area contributed by atoms with Crippen molar-refractivity contribution in [1.29, 1.82) is 0 Å². The van der Waals surface area contributed by atoms with Gasteiger partial charge in [0.15, 0.2) is 5.82 Å². The predicted octanol–water partition coefficient (Wildman–Crippen LogP) is 2.62. The van der Waals surface area contributed by atoms with Crippen molar-refractivity contribution in [2.24, 2.45) is 5.92 Å². The molecule has 1 N–H and O–H groups in total. The number of nitrogens with one attached hydrogen (secondary N) is 1. The van der Waals surface area contributed by atoms with Crippen LogP contribution in [0.25, 0.3) is 0 Å². The lowest BCUT2D eigenvalue weighted by Gasteiger charge is -2.38. The molecule has 1 aromatic heterocycles. The second-order valence-electron chi connectivity index (χ2n) is 7.88. The summed E-state index contributed by atoms with van der Waals surface area (Å²) in [7, 11) is 0. The van der Waals surface area contributed by atoms with E-state index in [1.54, 1.807) is 18.0 Å². The number of rotatable bonds is 6. The number of likely N-dealkylation sites (tertiary alicyclic amines) is 1. The lowest BCUT2D eigenvalue weighted by atomic mass is 9.89. The van der Waals surface area contributed by atoms with Gasteiger partial charge in [0.25, 0.3) is 0 Å². The third kappa shape index (κ3) is 4.75. The molecular weight excluding hydrogens is 398 g/mol. The number of benzene rings is 1. The summed E-state index contributed by atoms with van der Waals surface area (Å²) in [5.41, 5.74) is 2.11. The third-order valence-electron chi connectivity index (χ3n) is 5.90. The van der Waals surface area contributed by atoms with Crippen LogP contribution in [0.5, 0.6) is 0 Å². The molecule has 7 nitrogen and oxygen atoms in total. The van der Waals surface area contributed by atoms with Crippen LogP contribution in [0, 0.1) is 5.92 Å². The molecule has 0 spiro atoms. The number of aromatic nitrogens is 2. The number of carbonyl (C=O) groups is 2. The van der Waals surface area contributed by atoms with Gasteiger partial charge < -0.3 is 15.1 Å². The zero-order valence-electron chi connectivity index (χ0n) is 17.2. The lowest BCUT2D eigenvalue weighted by molar-refractivity contribution is -0.129. The highest BCUT2D eigenvalue weighted by atomic mass is 32.2. The molecule has 3 heterocycles. The molecule has 158 valence electrons. The first kappa shape index (κ1) is 20.7. The number of hydrogen-bond acceptors (Lipinski definition) is 6. The highest BCUT2D eigenvalue weighted by Gasteiger charge is 2.33. The minimum absolute atomic E-state index is 0.0326. The van der Waals surface area contributed by atoms with Gasteiger partial charge in [0.05, 0.1) is 11.7 Å². The molecule has 2 saturated heterocycles. The Hall–Kier alpha value is -2.61. The van der Waals surface area contributed by atoms with Crippen molar-refractivity contribution in [1.82, 2.24) is 15.1 Å². The number of piperidine rings is 1. The van der Waals surface area contributed by atoms with E-state index in [4.69, 9.17) is 0 Å². The second-order valence-corrected chi connectivity index (χ2v) is 8.75. The zero-order valence-corrected chi connectivity index (χ0v) is 18.0. The molecule has 0 aliphatic carbocycles. The van der Waals surface area contributed by atoms with Crippen LogP contribution in [0.1, 0.15) is 24.3 Å². The average Bonchev–Trinajstić information content (AvgIpc) is 2.74. The van der Waals surface area contributed by atoms with Gasteiger partial charge in [-0.1, -0.05) is 12.1 Å². The molecule has 2 amide bonds. The fraction of sp³-hybridized carbons (Fsp3) is 0.455. The maximum Gasteiger partial charge on any atom is 0.232 e. The predicted molar refractivity (Wildman–Crippen MR) is 120 cm³/mol. The minimum atomic E-state index is -0.0326. The summed E-state index contributed by atoms with van der Waals surface area (Å²) in [6.45, 7) is 2.98. The standard InChI is InChI=1S/C22H27N5O2S/c1-30-15-21(28)26-11-8-17(9-12-26)16-4-6-19(7-5-16)24-22(29)18-13-27(14-18)20-3-2-10-23-25-20/h2-7,10,17-18H,8-9,11-15H2,1H3,(H,24,29). The summed E-state index contributed by atoms with van der Waals surface area (Å²) in [5, 5.41) is 11.0. The maximum absolute atomic E-state index is 12.5. The van der Waals surface area contributed by atoms with E-state index in [2.05, 4.69) is 32.5 Å². The molecule has 2 aromatic rings. The Bertz CT molecular complexity index is 863. The van der Waals surface area contributed by atoms with E-state index >= 15 is 0 Å². The highest BCUT2D eigenvalue weighted by molar-refractivity contribution is 7.99. The first-order chi connectivity index (χ1) is 14.6. The van der Waals surface area contributed by atoms with Crippen molar-refractivity contribution in [2.75, 3.05) is 48.4 Å². The summed E-state index contributed by atoms with van der Waals surface area (Å²) in [6, 6.07) is 11.9. The van der Waals surface area contributed by atoms with E-state index in [0.29, 0.717) is 24.8 Å². The Morgan fingerprint density at radius 1 is 1.13 bits per heavy atom. The number of nitrogens with zero attached hydrogens (tertiary/aromatic N) is 4. The van der Waals surface area contributed by atoms with Crippen LogP contribution >= 0.6 is 11.8 Å². The molecule has 30 heavy (non-hydrogen) atoms. The number of anilines is 2. The molecule has 1 aromatic carbocycles. The van der Waals surface area contributed by atoms with Crippen molar-refractivity contribution in [3.63, 3.8) is 0 Å². The fourth-order valence-electron chi connectivity index (χ4n) is 4.05. The van der Waals surface area contributed by atoms with Crippen molar-refractivity contribution >= 4 is 35.1 Å². The van der Waals surface area contributed by atoms with Crippen molar-refractivity contribution in [2.45, 2.75) is 18.8 Å². The number of amides is 2. The smallest absolute Gasteiger partial charge is 0.232 e.